The molecule has 1 unspecified atom stereocenters. The topological polar surface area (TPSA) is 154 Å². The van der Waals surface area contributed by atoms with Crippen molar-refractivity contribution in [1.82, 2.24) is 16.0 Å². The van der Waals surface area contributed by atoms with Crippen molar-refractivity contribution in [3.63, 3.8) is 0 Å². The van der Waals surface area contributed by atoms with E-state index in [1.165, 1.54) is 0 Å². The number of nitrogens with two attached hydrogens (primary N) is 1. The molecule has 0 saturated carbocycles. The number of hydrogen-bond acceptors (Lipinski definition) is 4. The highest BCUT2D eigenvalue weighted by atomic mass is 16.4. The van der Waals surface area contributed by atoms with Gasteiger partial charge >= 0.3 is 18.0 Å². The van der Waals surface area contributed by atoms with Crippen molar-refractivity contribution in [2.45, 2.75) is 6.10 Å². The first-order valence-electron chi connectivity index (χ1n) is 4.39. The lowest BCUT2D eigenvalue weighted by atomic mass is 10.4. The van der Waals surface area contributed by atoms with E-state index in [-0.39, 0.29) is 13.1 Å². The van der Waals surface area contributed by atoms with Crippen molar-refractivity contribution in [3.8, 4) is 0 Å². The van der Waals surface area contributed by atoms with Gasteiger partial charge in [0.2, 0.25) is 0 Å². The third-order valence-electron chi connectivity index (χ3n) is 1.45. The number of amides is 4. The van der Waals surface area contributed by atoms with E-state index in [1.54, 1.807) is 0 Å². The van der Waals surface area contributed by atoms with Crippen molar-refractivity contribution in [3.05, 3.63) is 0 Å². The minimum atomic E-state index is -1.64. The average molecular weight is 234 g/mol. The van der Waals surface area contributed by atoms with Crippen LogP contribution in [0.2, 0.25) is 0 Å². The van der Waals surface area contributed by atoms with Gasteiger partial charge in [0.05, 0.1) is 6.54 Å². The number of carbonyl (C=O) groups excluding carboxylic acids is 2. The van der Waals surface area contributed by atoms with Crippen LogP contribution in [0.5, 0.6) is 0 Å². The smallest absolute Gasteiger partial charge is 0.334 e. The minimum Gasteiger partial charge on any atom is -0.479 e. The van der Waals surface area contributed by atoms with E-state index < -0.39 is 30.7 Å². The molecule has 0 aliphatic carbocycles. The van der Waals surface area contributed by atoms with Crippen molar-refractivity contribution in [2.75, 3.05) is 19.6 Å². The monoisotopic (exact) mass is 234 g/mol. The molecule has 0 heterocycles. The van der Waals surface area contributed by atoms with Gasteiger partial charge in [-0.3, -0.25) is 0 Å². The number of carbonyl (C=O) groups is 3. The number of primary amides is 1. The molecule has 16 heavy (non-hydrogen) atoms. The number of carboxylic acid groups (broad SMARTS) is 1. The lowest BCUT2D eigenvalue weighted by Crippen LogP contribution is -2.44. The summed E-state index contributed by atoms with van der Waals surface area (Å²) < 4.78 is 0. The quantitative estimate of drug-likeness (QED) is 0.278. The molecule has 0 aromatic rings. The molecule has 0 radical (unpaired) electrons. The maximum Gasteiger partial charge on any atom is 0.334 e. The van der Waals surface area contributed by atoms with Gasteiger partial charge in [-0.25, -0.2) is 14.4 Å². The zero-order valence-electron chi connectivity index (χ0n) is 8.40. The summed E-state index contributed by atoms with van der Waals surface area (Å²) in [6.07, 6.45) is -1.64. The van der Waals surface area contributed by atoms with Gasteiger partial charge in [-0.05, 0) is 0 Å². The first kappa shape index (κ1) is 14.0. The first-order valence-corrected chi connectivity index (χ1v) is 4.39. The number of carboxylic acids is 1. The summed E-state index contributed by atoms with van der Waals surface area (Å²) in [5, 5.41) is 23.8. The van der Waals surface area contributed by atoms with Crippen LogP contribution in [0.4, 0.5) is 9.59 Å². The number of aliphatic hydroxyl groups excluding tert-OH is 1. The molecular formula is C7H14N4O5. The Morgan fingerprint density at radius 1 is 1.12 bits per heavy atom. The van der Waals surface area contributed by atoms with Crippen LogP contribution in [0.3, 0.4) is 0 Å². The Labute approximate surface area is 91.0 Å². The Bertz CT molecular complexity index is 270. The van der Waals surface area contributed by atoms with Crippen molar-refractivity contribution >= 4 is 18.0 Å². The van der Waals surface area contributed by atoms with E-state index in [2.05, 4.69) is 16.0 Å². The van der Waals surface area contributed by atoms with Gasteiger partial charge < -0.3 is 31.9 Å². The lowest BCUT2D eigenvalue weighted by Gasteiger charge is -2.09. The van der Waals surface area contributed by atoms with Gasteiger partial charge in [0, 0.05) is 13.1 Å². The fraction of sp³-hybridized carbons (Fsp3) is 0.571. The predicted molar refractivity (Wildman–Crippen MR) is 52.6 cm³/mol. The van der Waals surface area contributed by atoms with Crippen LogP contribution in [0.1, 0.15) is 0 Å². The van der Waals surface area contributed by atoms with Crippen LogP contribution in [-0.4, -0.2) is 54.0 Å². The highest BCUT2D eigenvalue weighted by molar-refractivity contribution is 5.76. The normalized spacial score (nSPS) is 11.3. The molecule has 0 aliphatic rings. The molecule has 0 aliphatic heterocycles. The minimum absolute atomic E-state index is 0.137. The molecule has 1 atom stereocenters. The van der Waals surface area contributed by atoms with E-state index >= 15 is 0 Å². The summed E-state index contributed by atoms with van der Waals surface area (Å²) in [7, 11) is 0. The second-order valence-corrected chi connectivity index (χ2v) is 2.78. The summed E-state index contributed by atoms with van der Waals surface area (Å²) >= 11 is 0. The number of aliphatic carboxylic acids is 1. The van der Waals surface area contributed by atoms with Gasteiger partial charge in [-0.2, -0.15) is 0 Å². The summed E-state index contributed by atoms with van der Waals surface area (Å²) in [4.78, 5) is 31.3. The third-order valence-corrected chi connectivity index (χ3v) is 1.45. The van der Waals surface area contributed by atoms with E-state index in [1.807, 2.05) is 0 Å². The van der Waals surface area contributed by atoms with Crippen LogP contribution < -0.4 is 21.7 Å². The fourth-order valence-electron chi connectivity index (χ4n) is 0.701. The largest absolute Gasteiger partial charge is 0.479 e. The first-order chi connectivity index (χ1) is 7.43. The van der Waals surface area contributed by atoms with Crippen LogP contribution in [0.15, 0.2) is 0 Å². The molecule has 92 valence electrons. The third kappa shape index (κ3) is 7.38. The van der Waals surface area contributed by atoms with E-state index in [4.69, 9.17) is 15.9 Å². The number of urea groups is 2. The molecule has 4 amide bonds. The molecule has 9 nitrogen and oxygen atoms in total. The Kier molecular flexibility index (Phi) is 6.36. The zero-order valence-corrected chi connectivity index (χ0v) is 8.40. The number of aliphatic hydroxyl groups is 1. The fourth-order valence-corrected chi connectivity index (χ4v) is 0.701. The predicted octanol–water partition coefficient (Wildman–Crippen LogP) is -2.60. The van der Waals surface area contributed by atoms with Crippen molar-refractivity contribution in [2.24, 2.45) is 5.73 Å². The number of nitrogens with one attached hydrogen (secondary N) is 3. The summed E-state index contributed by atoms with van der Waals surface area (Å²) in [6.45, 7) is -0.105. The van der Waals surface area contributed by atoms with Crippen LogP contribution >= 0.6 is 0 Å². The Hall–Kier alpha value is -2.03. The average Bonchev–Trinajstić information content (AvgIpc) is 2.20. The zero-order chi connectivity index (χ0) is 12.6. The number of rotatable bonds is 6. The van der Waals surface area contributed by atoms with E-state index in [0.29, 0.717) is 0 Å². The van der Waals surface area contributed by atoms with Gasteiger partial charge in [0.25, 0.3) is 0 Å². The van der Waals surface area contributed by atoms with Crippen molar-refractivity contribution < 1.29 is 24.6 Å². The standard InChI is InChI=1S/C7H14N4O5/c8-6(15)9-1-2-10-7(16)11-3-4(12)5(13)14/h4,12H,1-3H2,(H,13,14)(H3,8,9,15)(H2,10,11,16). The molecule has 0 spiro atoms. The maximum absolute atomic E-state index is 10.9. The highest BCUT2D eigenvalue weighted by Crippen LogP contribution is 1.79. The van der Waals surface area contributed by atoms with Gasteiger partial charge in [0.1, 0.15) is 0 Å². The molecule has 7 N–H and O–H groups in total. The Balaban J connectivity index is 3.52. The van der Waals surface area contributed by atoms with Crippen LogP contribution in [0, 0.1) is 0 Å². The highest BCUT2D eigenvalue weighted by Gasteiger charge is 2.13. The second kappa shape index (κ2) is 7.29. The summed E-state index contributed by atoms with van der Waals surface area (Å²) in [5.41, 5.74) is 4.76. The molecule has 0 bridgehead atoms. The SMILES string of the molecule is NC(=O)NCCNC(=O)NCC(O)C(=O)O. The van der Waals surface area contributed by atoms with E-state index in [9.17, 15) is 14.4 Å². The second-order valence-electron chi connectivity index (χ2n) is 2.78. The molecule has 0 aromatic heterocycles. The number of hydrogen-bond donors (Lipinski definition) is 6. The van der Waals surface area contributed by atoms with Gasteiger partial charge in [-0.1, -0.05) is 0 Å². The molecule has 9 heteroatoms. The van der Waals surface area contributed by atoms with Gasteiger partial charge in [0.15, 0.2) is 6.10 Å². The Morgan fingerprint density at radius 2 is 1.69 bits per heavy atom. The molecule has 0 fully saturated rings. The maximum atomic E-state index is 10.9. The van der Waals surface area contributed by atoms with Crippen LogP contribution in [-0.2, 0) is 4.79 Å². The lowest BCUT2D eigenvalue weighted by molar-refractivity contribution is -0.146. The van der Waals surface area contributed by atoms with Crippen LogP contribution in [0.25, 0.3) is 0 Å². The van der Waals surface area contributed by atoms with Crippen molar-refractivity contribution in [1.29, 1.82) is 0 Å². The van der Waals surface area contributed by atoms with Gasteiger partial charge in [-0.15, -0.1) is 0 Å². The molecular weight excluding hydrogens is 220 g/mol. The van der Waals surface area contributed by atoms with E-state index in [0.717, 1.165) is 0 Å². The summed E-state index contributed by atoms with van der Waals surface area (Å²) in [5.74, 6) is -1.42. The molecule has 0 aromatic carbocycles. The Morgan fingerprint density at radius 3 is 2.19 bits per heavy atom. The summed E-state index contributed by atoms with van der Waals surface area (Å²) in [6, 6.07) is -1.35. The molecule has 0 rings (SSSR count). The molecule has 0 saturated heterocycles.